The molecule has 0 aliphatic carbocycles. The van der Waals surface area contributed by atoms with E-state index in [1.54, 1.807) is 7.11 Å². The first-order chi connectivity index (χ1) is 16.0. The van der Waals surface area contributed by atoms with Gasteiger partial charge in [-0.3, -0.25) is 14.5 Å². The van der Waals surface area contributed by atoms with Crippen LogP contribution in [0.4, 0.5) is 0 Å². The lowest BCUT2D eigenvalue weighted by Crippen LogP contribution is -2.50. The van der Waals surface area contributed by atoms with Crippen molar-refractivity contribution >= 4 is 17.9 Å². The number of hydrogen-bond acceptors (Lipinski definition) is 4. The fourth-order valence-corrected chi connectivity index (χ4v) is 3.97. The average molecular weight is 450 g/mol. The molecule has 0 saturated carbocycles. The van der Waals surface area contributed by atoms with Crippen LogP contribution in [-0.4, -0.2) is 79.4 Å². The van der Waals surface area contributed by atoms with Crippen molar-refractivity contribution in [1.82, 2.24) is 14.7 Å². The first-order valence-corrected chi connectivity index (χ1v) is 11.7. The van der Waals surface area contributed by atoms with Gasteiger partial charge in [0, 0.05) is 63.4 Å². The molecular weight excluding hydrogens is 414 g/mol. The molecule has 1 aliphatic rings. The monoisotopic (exact) mass is 449 g/mol. The number of methoxy groups -OCH3 is 1. The van der Waals surface area contributed by atoms with Crippen molar-refractivity contribution in [3.05, 3.63) is 71.3 Å². The first kappa shape index (κ1) is 24.5. The van der Waals surface area contributed by atoms with Crippen molar-refractivity contribution in [3.8, 4) is 5.75 Å². The third-order valence-corrected chi connectivity index (χ3v) is 6.06. The normalized spacial score (nSPS) is 14.5. The van der Waals surface area contributed by atoms with Crippen molar-refractivity contribution in [2.45, 2.75) is 20.3 Å². The molecule has 0 unspecified atom stereocenters. The van der Waals surface area contributed by atoms with Gasteiger partial charge in [-0.2, -0.15) is 0 Å². The van der Waals surface area contributed by atoms with Crippen LogP contribution in [0.15, 0.2) is 54.6 Å². The minimum atomic E-state index is 0.0273. The smallest absolute Gasteiger partial charge is 0.254 e. The van der Waals surface area contributed by atoms with Crippen molar-refractivity contribution < 1.29 is 14.3 Å². The van der Waals surface area contributed by atoms with E-state index in [0.717, 1.165) is 49.6 Å². The Labute approximate surface area is 197 Å². The molecule has 33 heavy (non-hydrogen) atoms. The quantitative estimate of drug-likeness (QED) is 0.586. The molecule has 2 aromatic rings. The molecule has 0 radical (unpaired) electrons. The fourth-order valence-electron chi connectivity index (χ4n) is 3.97. The Hall–Kier alpha value is -3.12. The molecule has 6 heteroatoms. The van der Waals surface area contributed by atoms with Crippen molar-refractivity contribution in [2.24, 2.45) is 0 Å². The second-order valence-electron chi connectivity index (χ2n) is 8.34. The number of para-hydroxylation sites is 1. The molecule has 0 N–H and O–H groups in total. The Bertz CT molecular complexity index is 947. The van der Waals surface area contributed by atoms with E-state index < -0.39 is 0 Å². The summed E-state index contributed by atoms with van der Waals surface area (Å²) in [7, 11) is 1.66. The minimum absolute atomic E-state index is 0.0273. The molecule has 1 heterocycles. The van der Waals surface area contributed by atoms with Gasteiger partial charge in [-0.25, -0.2) is 0 Å². The van der Waals surface area contributed by atoms with E-state index in [-0.39, 0.29) is 11.8 Å². The fraction of sp³-hybridized carbons (Fsp3) is 0.407. The highest BCUT2D eigenvalue weighted by molar-refractivity contribution is 5.94. The lowest BCUT2D eigenvalue weighted by molar-refractivity contribution is -0.132. The predicted octanol–water partition coefficient (Wildman–Crippen LogP) is 3.71. The summed E-state index contributed by atoms with van der Waals surface area (Å²) in [5.41, 5.74) is 2.82. The van der Waals surface area contributed by atoms with E-state index in [0.29, 0.717) is 25.1 Å². The number of amides is 2. The standard InChI is InChI=1S/C27H35N3O3/c1-4-26(31)29-19-16-28(17-20-29)18-21-30(27(32)24-13-11-22(2)12-14-24)15-7-9-23-8-5-6-10-25(23)33-3/h5-14H,4,15-21H2,1-3H3/b9-7+. The van der Waals surface area contributed by atoms with E-state index in [1.807, 2.05) is 84.3 Å². The summed E-state index contributed by atoms with van der Waals surface area (Å²) in [6.07, 6.45) is 4.57. The van der Waals surface area contributed by atoms with E-state index in [2.05, 4.69) is 4.90 Å². The highest BCUT2D eigenvalue weighted by Crippen LogP contribution is 2.19. The molecule has 6 nitrogen and oxygen atoms in total. The zero-order valence-electron chi connectivity index (χ0n) is 20.0. The van der Waals surface area contributed by atoms with Crippen LogP contribution in [0, 0.1) is 6.92 Å². The maximum Gasteiger partial charge on any atom is 0.254 e. The van der Waals surface area contributed by atoms with Gasteiger partial charge in [0.05, 0.1) is 7.11 Å². The summed E-state index contributed by atoms with van der Waals surface area (Å²) >= 11 is 0. The zero-order chi connectivity index (χ0) is 23.6. The van der Waals surface area contributed by atoms with Gasteiger partial charge in [0.15, 0.2) is 0 Å². The van der Waals surface area contributed by atoms with Gasteiger partial charge in [-0.1, -0.05) is 55.0 Å². The Balaban J connectivity index is 1.65. The van der Waals surface area contributed by atoms with Crippen LogP contribution < -0.4 is 4.74 Å². The molecule has 0 aromatic heterocycles. The van der Waals surface area contributed by atoms with Crippen molar-refractivity contribution in [3.63, 3.8) is 0 Å². The van der Waals surface area contributed by atoms with Gasteiger partial charge in [-0.15, -0.1) is 0 Å². The van der Waals surface area contributed by atoms with Crippen LogP contribution in [0.2, 0.25) is 0 Å². The third kappa shape index (κ3) is 6.93. The lowest BCUT2D eigenvalue weighted by atomic mass is 10.1. The lowest BCUT2D eigenvalue weighted by Gasteiger charge is -2.35. The number of aryl methyl sites for hydroxylation is 1. The summed E-state index contributed by atoms with van der Waals surface area (Å²) in [4.78, 5) is 31.4. The molecule has 1 aliphatic heterocycles. The van der Waals surface area contributed by atoms with E-state index in [1.165, 1.54) is 0 Å². The second kappa shape index (κ2) is 12.2. The topological polar surface area (TPSA) is 53.1 Å². The molecule has 176 valence electrons. The molecule has 0 bridgehead atoms. The number of carbonyl (C=O) groups excluding carboxylic acids is 2. The second-order valence-corrected chi connectivity index (χ2v) is 8.34. The van der Waals surface area contributed by atoms with Crippen LogP contribution in [0.25, 0.3) is 6.08 Å². The highest BCUT2D eigenvalue weighted by atomic mass is 16.5. The SMILES string of the molecule is CCC(=O)N1CCN(CCN(C/C=C/c2ccccc2OC)C(=O)c2ccc(C)cc2)CC1. The summed E-state index contributed by atoms with van der Waals surface area (Å²) in [6, 6.07) is 15.6. The third-order valence-electron chi connectivity index (χ3n) is 6.06. The molecule has 1 fully saturated rings. The van der Waals surface area contributed by atoms with E-state index in [9.17, 15) is 9.59 Å². The van der Waals surface area contributed by atoms with Crippen molar-refractivity contribution in [2.75, 3.05) is 52.9 Å². The van der Waals surface area contributed by atoms with Crippen molar-refractivity contribution in [1.29, 1.82) is 0 Å². The highest BCUT2D eigenvalue weighted by Gasteiger charge is 2.21. The Morgan fingerprint density at radius 3 is 2.39 bits per heavy atom. The Morgan fingerprint density at radius 1 is 1.03 bits per heavy atom. The average Bonchev–Trinajstić information content (AvgIpc) is 2.86. The van der Waals surface area contributed by atoms with Gasteiger partial charge in [0.25, 0.3) is 5.91 Å². The summed E-state index contributed by atoms with van der Waals surface area (Å²) < 4.78 is 5.42. The Morgan fingerprint density at radius 2 is 1.73 bits per heavy atom. The van der Waals surface area contributed by atoms with Crippen LogP contribution in [0.1, 0.15) is 34.8 Å². The van der Waals surface area contributed by atoms with E-state index in [4.69, 9.17) is 4.74 Å². The number of piperazine rings is 1. The molecule has 2 amide bonds. The van der Waals surface area contributed by atoms with Gasteiger partial charge in [0.1, 0.15) is 5.75 Å². The number of nitrogens with zero attached hydrogens (tertiary/aromatic N) is 3. The molecule has 0 atom stereocenters. The zero-order valence-corrected chi connectivity index (χ0v) is 20.0. The van der Waals surface area contributed by atoms with Gasteiger partial charge < -0.3 is 14.5 Å². The molecule has 0 spiro atoms. The summed E-state index contributed by atoms with van der Waals surface area (Å²) in [6.45, 7) is 9.05. The van der Waals surface area contributed by atoms with E-state index >= 15 is 0 Å². The summed E-state index contributed by atoms with van der Waals surface area (Å²) in [5.74, 6) is 1.05. The predicted molar refractivity (Wildman–Crippen MR) is 132 cm³/mol. The van der Waals surface area contributed by atoms with Gasteiger partial charge >= 0.3 is 0 Å². The largest absolute Gasteiger partial charge is 0.496 e. The first-order valence-electron chi connectivity index (χ1n) is 11.7. The molecule has 1 saturated heterocycles. The van der Waals surface area contributed by atoms with Crippen LogP contribution in [0.3, 0.4) is 0 Å². The van der Waals surface area contributed by atoms with Crippen LogP contribution >= 0.6 is 0 Å². The summed E-state index contributed by atoms with van der Waals surface area (Å²) in [5, 5.41) is 0. The van der Waals surface area contributed by atoms with Crippen LogP contribution in [0.5, 0.6) is 5.75 Å². The number of rotatable bonds is 9. The number of benzene rings is 2. The number of carbonyl (C=O) groups is 2. The molecular formula is C27H35N3O3. The number of ether oxygens (including phenoxy) is 1. The maximum absolute atomic E-state index is 13.3. The molecule has 2 aromatic carbocycles. The van der Waals surface area contributed by atoms with Gasteiger partial charge in [-0.05, 0) is 25.1 Å². The van der Waals surface area contributed by atoms with Crippen LogP contribution in [-0.2, 0) is 4.79 Å². The molecule has 3 rings (SSSR count). The Kier molecular flexibility index (Phi) is 9.07. The maximum atomic E-state index is 13.3. The van der Waals surface area contributed by atoms with Gasteiger partial charge in [0.2, 0.25) is 5.91 Å². The minimum Gasteiger partial charge on any atom is -0.496 e. The number of hydrogen-bond donors (Lipinski definition) is 0.